The van der Waals surface area contributed by atoms with E-state index in [9.17, 15) is 8.42 Å². The van der Waals surface area contributed by atoms with Crippen LogP contribution in [0.4, 0.5) is 0 Å². The van der Waals surface area contributed by atoms with Crippen LogP contribution in [0.25, 0.3) is 0 Å². The van der Waals surface area contributed by atoms with Gasteiger partial charge < -0.3 is 4.74 Å². The van der Waals surface area contributed by atoms with E-state index in [1.807, 2.05) is 4.31 Å². The average molecular weight is 483 g/mol. The van der Waals surface area contributed by atoms with Gasteiger partial charge in [-0.25, -0.2) is 8.42 Å². The molecule has 3 aliphatic rings. The number of hydrogen-bond donors (Lipinski definition) is 0. The van der Waals surface area contributed by atoms with Gasteiger partial charge in [0.2, 0.25) is 10.0 Å². The van der Waals surface area contributed by atoms with Crippen molar-refractivity contribution in [3.63, 3.8) is 0 Å². The van der Waals surface area contributed by atoms with Crippen molar-refractivity contribution in [1.82, 2.24) is 9.21 Å². The molecule has 2 fully saturated rings. The van der Waals surface area contributed by atoms with E-state index in [0.717, 1.165) is 57.6 Å². The van der Waals surface area contributed by atoms with Crippen molar-refractivity contribution in [1.29, 1.82) is 0 Å². The zero-order valence-corrected chi connectivity index (χ0v) is 21.0. The fourth-order valence-electron chi connectivity index (χ4n) is 5.90. The van der Waals surface area contributed by atoms with Crippen LogP contribution in [0, 0.1) is 5.92 Å². The molecule has 180 valence electrons. The molecule has 1 aromatic rings. The number of benzene rings is 1. The first-order chi connectivity index (χ1) is 15.5. The molecule has 0 aromatic heterocycles. The summed E-state index contributed by atoms with van der Waals surface area (Å²) in [5.41, 5.74) is 2.75. The van der Waals surface area contributed by atoms with Crippen molar-refractivity contribution in [3.05, 3.63) is 29.3 Å². The zero-order valence-electron chi connectivity index (χ0n) is 19.5. The van der Waals surface area contributed by atoms with Gasteiger partial charge in [0.25, 0.3) is 0 Å². The Bertz CT molecular complexity index is 863. The minimum atomic E-state index is -3.24. The Morgan fingerprint density at radius 2 is 2.03 bits per heavy atom. The van der Waals surface area contributed by atoms with E-state index in [0.29, 0.717) is 30.8 Å². The molecule has 3 atom stereocenters. The van der Waals surface area contributed by atoms with E-state index in [1.165, 1.54) is 30.4 Å². The predicted octanol–water partition coefficient (Wildman–Crippen LogP) is 4.99. The first kappa shape index (κ1) is 24.3. The van der Waals surface area contributed by atoms with Crippen molar-refractivity contribution in [2.45, 2.75) is 76.8 Å². The lowest BCUT2D eigenvalue weighted by Gasteiger charge is -2.51. The molecule has 2 saturated heterocycles. The lowest BCUT2D eigenvalue weighted by Crippen LogP contribution is -2.57. The van der Waals surface area contributed by atoms with E-state index < -0.39 is 10.0 Å². The van der Waals surface area contributed by atoms with Crippen LogP contribution in [0.2, 0.25) is 0 Å². The Morgan fingerprint density at radius 1 is 1.16 bits per heavy atom. The molecule has 0 spiro atoms. The Hall–Kier alpha value is -0.820. The summed E-state index contributed by atoms with van der Waals surface area (Å²) in [7, 11) is -3.24. The monoisotopic (exact) mass is 482 g/mol. The summed E-state index contributed by atoms with van der Waals surface area (Å²) < 4.78 is 34.0. The highest BCUT2D eigenvalue weighted by Gasteiger charge is 2.45. The summed E-state index contributed by atoms with van der Waals surface area (Å²) in [5.74, 6) is 1.99. The number of rotatable bonds is 10. The number of halogens is 1. The van der Waals surface area contributed by atoms with Crippen molar-refractivity contribution < 1.29 is 13.2 Å². The minimum Gasteiger partial charge on any atom is -0.494 e. The fraction of sp³-hybridized carbons (Fsp3) is 0.760. The largest absolute Gasteiger partial charge is 0.494 e. The quantitative estimate of drug-likeness (QED) is 0.348. The maximum atomic E-state index is 13.1. The van der Waals surface area contributed by atoms with E-state index >= 15 is 0 Å². The van der Waals surface area contributed by atoms with E-state index in [4.69, 9.17) is 16.3 Å². The van der Waals surface area contributed by atoms with Gasteiger partial charge in [0, 0.05) is 37.6 Å². The normalized spacial score (nSPS) is 26.2. The van der Waals surface area contributed by atoms with Crippen LogP contribution in [-0.2, 0) is 16.4 Å². The number of fused-ring (bicyclic) bond motifs is 4. The molecule has 0 aliphatic carbocycles. The highest BCUT2D eigenvalue weighted by molar-refractivity contribution is 7.89. The second kappa shape index (κ2) is 11.1. The highest BCUT2D eigenvalue weighted by atomic mass is 35.5. The van der Waals surface area contributed by atoms with Gasteiger partial charge in [0.05, 0.1) is 12.4 Å². The summed E-state index contributed by atoms with van der Waals surface area (Å²) in [5, 5.41) is 0. The molecule has 5 nitrogen and oxygen atoms in total. The zero-order chi connectivity index (χ0) is 22.6. The van der Waals surface area contributed by atoms with Gasteiger partial charge in [-0.3, -0.25) is 4.90 Å². The van der Waals surface area contributed by atoms with Gasteiger partial charge >= 0.3 is 0 Å². The van der Waals surface area contributed by atoms with Crippen LogP contribution in [-0.4, -0.2) is 61.5 Å². The molecular weight excluding hydrogens is 444 g/mol. The Balaban J connectivity index is 1.46. The molecule has 0 amide bonds. The highest BCUT2D eigenvalue weighted by Crippen LogP contribution is 2.44. The molecule has 0 radical (unpaired) electrons. The average Bonchev–Trinajstić information content (AvgIpc) is 2.80. The molecule has 7 heteroatoms. The summed E-state index contributed by atoms with van der Waals surface area (Å²) in [6.07, 6.45) is 9.42. The van der Waals surface area contributed by atoms with E-state index in [2.05, 4.69) is 30.0 Å². The third-order valence-electron chi connectivity index (χ3n) is 7.54. The Labute approximate surface area is 199 Å². The number of nitrogens with zero attached hydrogens (tertiary/aromatic N) is 2. The lowest BCUT2D eigenvalue weighted by atomic mass is 9.77. The molecule has 0 unspecified atom stereocenters. The van der Waals surface area contributed by atoms with Gasteiger partial charge in [-0.15, -0.1) is 11.6 Å². The Kier molecular flexibility index (Phi) is 8.41. The van der Waals surface area contributed by atoms with Crippen LogP contribution in [0.15, 0.2) is 18.2 Å². The maximum absolute atomic E-state index is 13.1. The Morgan fingerprint density at radius 3 is 2.84 bits per heavy atom. The SMILES string of the molecule is CCCCCCOc1ccc2c(c1)CCN1C[C@H]3CCCN(S(=O)(=O)CCCCl)[C@H]3C[C@@H]21. The molecule has 0 N–H and O–H groups in total. The molecule has 32 heavy (non-hydrogen) atoms. The third kappa shape index (κ3) is 5.45. The number of ether oxygens (including phenoxy) is 1. The number of piperidine rings is 2. The van der Waals surface area contributed by atoms with E-state index in [1.54, 1.807) is 0 Å². The van der Waals surface area contributed by atoms with Gasteiger partial charge in [0.15, 0.2) is 0 Å². The predicted molar refractivity (Wildman–Crippen MR) is 131 cm³/mol. The second-order valence-corrected chi connectivity index (χ2v) is 12.1. The summed E-state index contributed by atoms with van der Waals surface area (Å²) >= 11 is 5.80. The van der Waals surface area contributed by atoms with Gasteiger partial charge in [-0.2, -0.15) is 4.31 Å². The summed E-state index contributed by atoms with van der Waals surface area (Å²) in [6.45, 7) is 5.73. The number of sulfonamides is 1. The molecule has 0 bridgehead atoms. The molecule has 1 aromatic carbocycles. The summed E-state index contributed by atoms with van der Waals surface area (Å²) in [4.78, 5) is 2.60. The second-order valence-electron chi connectivity index (χ2n) is 9.71. The lowest BCUT2D eigenvalue weighted by molar-refractivity contribution is 0.0219. The third-order valence-corrected chi connectivity index (χ3v) is 9.78. The first-order valence-electron chi connectivity index (χ1n) is 12.6. The van der Waals surface area contributed by atoms with Crippen LogP contribution in [0.1, 0.15) is 75.5 Å². The standard InChI is InChI=1S/C25H39ClN2O3S/c1-2-3-4-5-15-31-22-9-10-23-20(17-22)11-14-27-19-21-8-6-13-28(24(21)18-25(23)27)32(29,30)16-7-12-26/h9-10,17,21,24-25H,2-8,11-16,18-19H2,1H3/t21-,24+,25+/m1/s1. The van der Waals surface area contributed by atoms with Crippen molar-refractivity contribution in [2.24, 2.45) is 5.92 Å². The summed E-state index contributed by atoms with van der Waals surface area (Å²) in [6, 6.07) is 7.01. The number of unbranched alkanes of at least 4 members (excludes halogenated alkanes) is 3. The molecular formula is C25H39ClN2O3S. The number of alkyl halides is 1. The minimum absolute atomic E-state index is 0.116. The molecule has 4 rings (SSSR count). The van der Waals surface area contributed by atoms with Crippen molar-refractivity contribution in [2.75, 3.05) is 37.9 Å². The topological polar surface area (TPSA) is 49.9 Å². The fourth-order valence-corrected chi connectivity index (χ4v) is 8.01. The maximum Gasteiger partial charge on any atom is 0.214 e. The van der Waals surface area contributed by atoms with Crippen LogP contribution < -0.4 is 4.74 Å². The van der Waals surface area contributed by atoms with Crippen molar-refractivity contribution >= 4 is 21.6 Å². The van der Waals surface area contributed by atoms with Crippen LogP contribution in [0.3, 0.4) is 0 Å². The van der Waals surface area contributed by atoms with E-state index in [-0.39, 0.29) is 11.8 Å². The van der Waals surface area contributed by atoms with Gasteiger partial charge in [-0.1, -0.05) is 32.3 Å². The first-order valence-corrected chi connectivity index (χ1v) is 14.7. The molecule has 3 aliphatic heterocycles. The van der Waals surface area contributed by atoms with Gasteiger partial charge in [0.1, 0.15) is 5.75 Å². The molecule has 0 saturated carbocycles. The van der Waals surface area contributed by atoms with Crippen LogP contribution >= 0.6 is 11.6 Å². The van der Waals surface area contributed by atoms with Gasteiger partial charge in [-0.05, 0) is 67.7 Å². The smallest absolute Gasteiger partial charge is 0.214 e. The van der Waals surface area contributed by atoms with Crippen molar-refractivity contribution in [3.8, 4) is 5.75 Å². The number of hydrogen-bond acceptors (Lipinski definition) is 4. The van der Waals surface area contributed by atoms with Crippen LogP contribution in [0.5, 0.6) is 5.75 Å². The molecule has 3 heterocycles.